The largest absolute Gasteiger partial charge is 0.377 e. The van der Waals surface area contributed by atoms with E-state index in [-0.39, 0.29) is 11.9 Å². The lowest BCUT2D eigenvalue weighted by Gasteiger charge is -2.25. The smallest absolute Gasteiger partial charge is 0.372 e. The molecule has 0 saturated carbocycles. The zero-order valence-corrected chi connectivity index (χ0v) is 12.1. The zero-order chi connectivity index (χ0) is 14.7. The number of nitro groups is 1. The average molecular weight is 302 g/mol. The number of pyridine rings is 1. The van der Waals surface area contributed by atoms with Crippen molar-refractivity contribution in [2.75, 3.05) is 12.4 Å². The summed E-state index contributed by atoms with van der Waals surface area (Å²) in [6, 6.07) is 11.6. The van der Waals surface area contributed by atoms with Gasteiger partial charge in [0.25, 0.3) is 0 Å². The minimum absolute atomic E-state index is 0.0280. The molecule has 1 unspecified atom stereocenters. The van der Waals surface area contributed by atoms with Crippen LogP contribution in [0.5, 0.6) is 0 Å². The highest BCUT2D eigenvalue weighted by atomic mass is 32.2. The number of ether oxygens (including phenoxy) is 1. The number of nitrogens with zero attached hydrogens (tertiary/aromatic N) is 2. The summed E-state index contributed by atoms with van der Waals surface area (Å²) in [4.78, 5) is 14.9. The first kappa shape index (κ1) is 14.0. The highest BCUT2D eigenvalue weighted by molar-refractivity contribution is 7.99. The molecule has 2 aromatic rings. The third-order valence-electron chi connectivity index (χ3n) is 3.41. The van der Waals surface area contributed by atoms with Gasteiger partial charge in [0.1, 0.15) is 11.1 Å². The van der Waals surface area contributed by atoms with E-state index in [4.69, 9.17) is 4.74 Å². The summed E-state index contributed by atoms with van der Waals surface area (Å²) < 4.78 is 5.82. The molecule has 0 aliphatic carbocycles. The van der Waals surface area contributed by atoms with Gasteiger partial charge < -0.3 is 14.9 Å². The third-order valence-corrected chi connectivity index (χ3v) is 4.51. The lowest BCUT2D eigenvalue weighted by molar-refractivity contribution is -0.392. The van der Waals surface area contributed by atoms with Crippen LogP contribution in [0.3, 0.4) is 0 Å². The number of hydrogen-bond acceptors (Lipinski definition) is 5. The summed E-state index contributed by atoms with van der Waals surface area (Å²) in [5.41, 5.74) is 2.48. The van der Waals surface area contributed by atoms with Crippen molar-refractivity contribution in [2.45, 2.75) is 17.4 Å². The maximum absolute atomic E-state index is 11.0. The van der Waals surface area contributed by atoms with Crippen LogP contribution in [0.1, 0.15) is 17.2 Å². The van der Waals surface area contributed by atoms with E-state index in [1.807, 2.05) is 12.1 Å². The van der Waals surface area contributed by atoms with Gasteiger partial charge in [-0.25, -0.2) is 0 Å². The number of thioether (sulfide) groups is 1. The molecule has 5 nitrogen and oxygen atoms in total. The van der Waals surface area contributed by atoms with Crippen LogP contribution in [-0.4, -0.2) is 22.3 Å². The standard InChI is InChI=1S/C15H14N2O3S/c18-17(19)15-14(6-3-8-16-15)21-10-13-12-5-2-1-4-11(12)7-9-20-13/h1-6,8,13H,7,9-10H2. The highest BCUT2D eigenvalue weighted by Crippen LogP contribution is 2.34. The predicted octanol–water partition coefficient (Wildman–Crippen LogP) is 3.40. The maximum Gasteiger partial charge on any atom is 0.377 e. The van der Waals surface area contributed by atoms with Crippen molar-refractivity contribution in [1.29, 1.82) is 0 Å². The van der Waals surface area contributed by atoms with Gasteiger partial charge in [0.15, 0.2) is 0 Å². The van der Waals surface area contributed by atoms with Crippen molar-refractivity contribution < 1.29 is 9.66 Å². The minimum atomic E-state index is -0.446. The number of fused-ring (bicyclic) bond motifs is 1. The number of benzene rings is 1. The Bertz CT molecular complexity index is 663. The fourth-order valence-corrected chi connectivity index (χ4v) is 3.45. The van der Waals surface area contributed by atoms with E-state index >= 15 is 0 Å². The van der Waals surface area contributed by atoms with E-state index in [0.29, 0.717) is 17.3 Å². The molecule has 0 saturated heterocycles. The first-order chi connectivity index (χ1) is 10.3. The van der Waals surface area contributed by atoms with Crippen LogP contribution < -0.4 is 0 Å². The lowest BCUT2D eigenvalue weighted by Crippen LogP contribution is -2.17. The van der Waals surface area contributed by atoms with Gasteiger partial charge >= 0.3 is 5.82 Å². The van der Waals surface area contributed by atoms with E-state index in [1.54, 1.807) is 12.1 Å². The quantitative estimate of drug-likeness (QED) is 0.492. The summed E-state index contributed by atoms with van der Waals surface area (Å²) in [6.07, 6.45) is 2.33. The second-order valence-electron chi connectivity index (χ2n) is 4.70. The number of hydrogen-bond donors (Lipinski definition) is 0. The Morgan fingerprint density at radius 3 is 3.05 bits per heavy atom. The van der Waals surface area contributed by atoms with Crippen LogP contribution >= 0.6 is 11.8 Å². The van der Waals surface area contributed by atoms with Crippen molar-refractivity contribution in [1.82, 2.24) is 4.98 Å². The third kappa shape index (κ3) is 3.06. The molecular formula is C15H14N2O3S. The monoisotopic (exact) mass is 302 g/mol. The van der Waals surface area contributed by atoms with Crippen LogP contribution in [0.15, 0.2) is 47.5 Å². The van der Waals surface area contributed by atoms with Gasteiger partial charge in [-0.2, -0.15) is 0 Å². The molecule has 0 N–H and O–H groups in total. The Balaban J connectivity index is 1.76. The Labute approximate surface area is 126 Å². The summed E-state index contributed by atoms with van der Waals surface area (Å²) in [5.74, 6) is 0.551. The molecule has 6 heteroatoms. The molecular weight excluding hydrogens is 288 g/mol. The van der Waals surface area contributed by atoms with Crippen molar-refractivity contribution >= 4 is 17.6 Å². The molecule has 0 bridgehead atoms. The van der Waals surface area contributed by atoms with Crippen molar-refractivity contribution in [3.05, 3.63) is 63.8 Å². The van der Waals surface area contributed by atoms with Gasteiger partial charge in [0.2, 0.25) is 0 Å². The van der Waals surface area contributed by atoms with E-state index in [0.717, 1.165) is 6.42 Å². The molecule has 21 heavy (non-hydrogen) atoms. The zero-order valence-electron chi connectivity index (χ0n) is 11.3. The highest BCUT2D eigenvalue weighted by Gasteiger charge is 2.22. The number of rotatable bonds is 4. The molecule has 108 valence electrons. The molecule has 1 aromatic heterocycles. The van der Waals surface area contributed by atoms with E-state index in [1.165, 1.54) is 29.1 Å². The van der Waals surface area contributed by atoms with E-state index < -0.39 is 4.92 Å². The molecule has 1 aromatic carbocycles. The SMILES string of the molecule is O=[N+]([O-])c1ncccc1SCC1OCCc2ccccc21. The summed E-state index contributed by atoms with van der Waals surface area (Å²) in [5, 5.41) is 11.0. The van der Waals surface area contributed by atoms with Crippen molar-refractivity contribution in [3.63, 3.8) is 0 Å². The number of aromatic nitrogens is 1. The molecule has 0 spiro atoms. The molecule has 1 aliphatic heterocycles. The molecule has 2 heterocycles. The van der Waals surface area contributed by atoms with Crippen LogP contribution in [-0.2, 0) is 11.2 Å². The van der Waals surface area contributed by atoms with Crippen LogP contribution in [0.2, 0.25) is 0 Å². The normalized spacial score (nSPS) is 17.2. The summed E-state index contributed by atoms with van der Waals surface area (Å²) >= 11 is 1.42. The van der Waals surface area contributed by atoms with Crippen LogP contribution in [0, 0.1) is 10.1 Å². The molecule has 0 radical (unpaired) electrons. The van der Waals surface area contributed by atoms with Gasteiger partial charge in [-0.3, -0.25) is 0 Å². The molecule has 1 aliphatic rings. The molecule has 0 amide bonds. The summed E-state index contributed by atoms with van der Waals surface area (Å²) in [7, 11) is 0. The van der Waals surface area contributed by atoms with Crippen molar-refractivity contribution in [3.8, 4) is 0 Å². The van der Waals surface area contributed by atoms with Gasteiger partial charge in [0.05, 0.1) is 12.7 Å². The fourth-order valence-electron chi connectivity index (χ4n) is 2.41. The van der Waals surface area contributed by atoms with Gasteiger partial charge in [-0.1, -0.05) is 24.3 Å². The maximum atomic E-state index is 11.0. The van der Waals surface area contributed by atoms with Gasteiger partial charge in [-0.05, 0) is 39.6 Å². The Morgan fingerprint density at radius 2 is 2.19 bits per heavy atom. The lowest BCUT2D eigenvalue weighted by atomic mass is 9.99. The molecule has 3 rings (SSSR count). The van der Waals surface area contributed by atoms with Crippen LogP contribution in [0.4, 0.5) is 5.82 Å². The first-order valence-corrected chi connectivity index (χ1v) is 7.66. The topological polar surface area (TPSA) is 65.3 Å². The Kier molecular flexibility index (Phi) is 4.17. The second kappa shape index (κ2) is 6.24. The molecule has 0 fully saturated rings. The fraction of sp³-hybridized carbons (Fsp3) is 0.267. The van der Waals surface area contributed by atoms with Gasteiger partial charge in [0, 0.05) is 5.75 Å². The summed E-state index contributed by atoms with van der Waals surface area (Å²) in [6.45, 7) is 0.692. The van der Waals surface area contributed by atoms with Crippen molar-refractivity contribution in [2.24, 2.45) is 0 Å². The Morgan fingerprint density at radius 1 is 1.33 bits per heavy atom. The Hall–Kier alpha value is -1.92. The van der Waals surface area contributed by atoms with E-state index in [2.05, 4.69) is 17.1 Å². The van der Waals surface area contributed by atoms with E-state index in [9.17, 15) is 10.1 Å². The first-order valence-electron chi connectivity index (χ1n) is 6.67. The molecule has 1 atom stereocenters. The van der Waals surface area contributed by atoms with Gasteiger partial charge in [-0.15, -0.1) is 11.8 Å². The van der Waals surface area contributed by atoms with Crippen LogP contribution in [0.25, 0.3) is 0 Å². The minimum Gasteiger partial charge on any atom is -0.372 e. The second-order valence-corrected chi connectivity index (χ2v) is 5.76. The average Bonchev–Trinajstić information content (AvgIpc) is 2.53. The predicted molar refractivity (Wildman–Crippen MR) is 80.5 cm³/mol.